The molecule has 0 aliphatic heterocycles. The molecule has 0 atom stereocenters. The Balaban J connectivity index is 2.41. The lowest BCUT2D eigenvalue weighted by atomic mass is 10.1. The van der Waals surface area contributed by atoms with Gasteiger partial charge in [0.1, 0.15) is 11.3 Å². The third kappa shape index (κ3) is 2.39. The van der Waals surface area contributed by atoms with E-state index in [1.165, 1.54) is 12.3 Å². The Morgan fingerprint density at radius 1 is 1.29 bits per heavy atom. The van der Waals surface area contributed by atoms with Gasteiger partial charge in [0.15, 0.2) is 0 Å². The zero-order chi connectivity index (χ0) is 12.3. The molecule has 0 aliphatic rings. The largest absolute Gasteiger partial charge is 0.478 e. The minimum atomic E-state index is -1.03. The molecule has 0 unspecified atom stereocenters. The van der Waals surface area contributed by atoms with Gasteiger partial charge in [-0.3, -0.25) is 0 Å². The Bertz CT molecular complexity index is 541. The predicted octanol–water partition coefficient (Wildman–Crippen LogP) is 2.28. The van der Waals surface area contributed by atoms with Gasteiger partial charge in [0, 0.05) is 12.3 Å². The van der Waals surface area contributed by atoms with Crippen molar-refractivity contribution < 1.29 is 14.6 Å². The van der Waals surface area contributed by atoms with E-state index >= 15 is 0 Å². The average molecular weight is 230 g/mol. The van der Waals surface area contributed by atoms with Gasteiger partial charge in [-0.25, -0.2) is 4.79 Å². The molecule has 0 aliphatic carbocycles. The first-order valence-electron chi connectivity index (χ1n) is 4.97. The molecule has 0 fully saturated rings. The second kappa shape index (κ2) is 4.61. The van der Waals surface area contributed by atoms with E-state index in [2.05, 4.69) is 10.2 Å². The van der Waals surface area contributed by atoms with E-state index < -0.39 is 5.97 Å². The highest BCUT2D eigenvalue weighted by molar-refractivity contribution is 5.91. The molecule has 0 saturated heterocycles. The highest BCUT2D eigenvalue weighted by Crippen LogP contribution is 2.27. The molecular weight excluding hydrogens is 220 g/mol. The standard InChI is InChI=1S/C12H10N2O3/c1-8-4-2-5-9(12(15)16)11(8)17-10-6-3-7-13-14-10/h2-7H,1H3,(H,15,16). The Labute approximate surface area is 97.7 Å². The second-order valence-corrected chi connectivity index (χ2v) is 3.42. The van der Waals surface area contributed by atoms with Gasteiger partial charge in [-0.05, 0) is 24.6 Å². The summed E-state index contributed by atoms with van der Waals surface area (Å²) >= 11 is 0. The minimum Gasteiger partial charge on any atom is -0.478 e. The molecule has 1 N–H and O–H groups in total. The van der Waals surface area contributed by atoms with Crippen LogP contribution < -0.4 is 4.74 Å². The van der Waals surface area contributed by atoms with E-state index in [0.29, 0.717) is 5.75 Å². The van der Waals surface area contributed by atoms with Crippen molar-refractivity contribution in [3.05, 3.63) is 47.7 Å². The van der Waals surface area contributed by atoms with Crippen LogP contribution in [0.1, 0.15) is 15.9 Å². The van der Waals surface area contributed by atoms with Crippen LogP contribution in [0.2, 0.25) is 0 Å². The first-order chi connectivity index (χ1) is 8.18. The van der Waals surface area contributed by atoms with E-state index in [9.17, 15) is 4.79 Å². The summed E-state index contributed by atoms with van der Waals surface area (Å²) in [7, 11) is 0. The van der Waals surface area contributed by atoms with Crippen molar-refractivity contribution in [2.45, 2.75) is 6.92 Å². The van der Waals surface area contributed by atoms with Gasteiger partial charge in [-0.1, -0.05) is 12.1 Å². The maximum Gasteiger partial charge on any atom is 0.339 e. The number of rotatable bonds is 3. The quantitative estimate of drug-likeness (QED) is 0.875. The zero-order valence-electron chi connectivity index (χ0n) is 9.12. The summed E-state index contributed by atoms with van der Waals surface area (Å²) in [5, 5.41) is 16.5. The van der Waals surface area contributed by atoms with E-state index in [4.69, 9.17) is 9.84 Å². The highest BCUT2D eigenvalue weighted by atomic mass is 16.5. The third-order valence-electron chi connectivity index (χ3n) is 2.20. The normalized spacial score (nSPS) is 9.94. The second-order valence-electron chi connectivity index (χ2n) is 3.42. The molecule has 0 amide bonds. The Morgan fingerprint density at radius 2 is 2.12 bits per heavy atom. The molecule has 5 heteroatoms. The van der Waals surface area contributed by atoms with Crippen molar-refractivity contribution >= 4 is 5.97 Å². The molecule has 0 bridgehead atoms. The van der Waals surface area contributed by atoms with Gasteiger partial charge < -0.3 is 9.84 Å². The molecular formula is C12H10N2O3. The number of para-hydroxylation sites is 1. The maximum absolute atomic E-state index is 11.0. The van der Waals surface area contributed by atoms with Crippen molar-refractivity contribution in [2.24, 2.45) is 0 Å². The smallest absolute Gasteiger partial charge is 0.339 e. The summed E-state index contributed by atoms with van der Waals surface area (Å²) in [5.74, 6) is -0.475. The Kier molecular flexibility index (Phi) is 3.00. The van der Waals surface area contributed by atoms with Crippen molar-refractivity contribution in [2.75, 3.05) is 0 Å². The topological polar surface area (TPSA) is 72.3 Å². The van der Waals surface area contributed by atoms with Crippen LogP contribution in [0, 0.1) is 6.92 Å². The average Bonchev–Trinajstić information content (AvgIpc) is 2.33. The van der Waals surface area contributed by atoms with Gasteiger partial charge in [0.2, 0.25) is 5.88 Å². The number of aromatic nitrogens is 2. The summed E-state index contributed by atoms with van der Waals surface area (Å²) in [6.45, 7) is 1.78. The molecule has 1 heterocycles. The molecule has 0 saturated carbocycles. The lowest BCUT2D eigenvalue weighted by Gasteiger charge is -2.09. The molecule has 1 aromatic carbocycles. The van der Waals surface area contributed by atoms with Gasteiger partial charge in [-0.2, -0.15) is 5.10 Å². The lowest BCUT2D eigenvalue weighted by molar-refractivity contribution is 0.0694. The van der Waals surface area contributed by atoms with E-state index in [0.717, 1.165) is 5.56 Å². The fraction of sp³-hybridized carbons (Fsp3) is 0.0833. The van der Waals surface area contributed by atoms with Gasteiger partial charge in [0.05, 0.1) is 0 Å². The first-order valence-corrected chi connectivity index (χ1v) is 4.97. The van der Waals surface area contributed by atoms with E-state index in [-0.39, 0.29) is 11.4 Å². The molecule has 0 radical (unpaired) electrons. The van der Waals surface area contributed by atoms with Crippen LogP contribution in [0.3, 0.4) is 0 Å². The summed E-state index contributed by atoms with van der Waals surface area (Å²) < 4.78 is 5.45. The van der Waals surface area contributed by atoms with Crippen LogP contribution in [0.25, 0.3) is 0 Å². The lowest BCUT2D eigenvalue weighted by Crippen LogP contribution is -2.02. The number of hydrogen-bond donors (Lipinski definition) is 1. The van der Waals surface area contributed by atoms with Crippen molar-refractivity contribution in [1.82, 2.24) is 10.2 Å². The van der Waals surface area contributed by atoms with Crippen LogP contribution in [0.4, 0.5) is 0 Å². The van der Waals surface area contributed by atoms with Gasteiger partial charge in [-0.15, -0.1) is 5.10 Å². The number of hydrogen-bond acceptors (Lipinski definition) is 4. The fourth-order valence-electron chi connectivity index (χ4n) is 1.40. The van der Waals surface area contributed by atoms with Crippen molar-refractivity contribution in [3.63, 3.8) is 0 Å². The number of aryl methyl sites for hydroxylation is 1. The zero-order valence-corrected chi connectivity index (χ0v) is 9.12. The van der Waals surface area contributed by atoms with Crippen molar-refractivity contribution in [3.8, 4) is 11.6 Å². The molecule has 2 rings (SSSR count). The number of carboxylic acids is 1. The summed E-state index contributed by atoms with van der Waals surface area (Å²) in [4.78, 5) is 11.0. The summed E-state index contributed by atoms with van der Waals surface area (Å²) in [6.07, 6.45) is 1.52. The number of nitrogens with zero attached hydrogens (tertiary/aromatic N) is 2. The number of carboxylic acid groups (broad SMARTS) is 1. The molecule has 5 nitrogen and oxygen atoms in total. The number of carbonyl (C=O) groups is 1. The number of benzene rings is 1. The molecule has 86 valence electrons. The molecule has 2 aromatic rings. The fourth-order valence-corrected chi connectivity index (χ4v) is 1.40. The highest BCUT2D eigenvalue weighted by Gasteiger charge is 2.14. The minimum absolute atomic E-state index is 0.107. The van der Waals surface area contributed by atoms with E-state index in [1.54, 1.807) is 31.2 Å². The summed E-state index contributed by atoms with van der Waals surface area (Å²) in [6, 6.07) is 8.22. The number of ether oxygens (including phenoxy) is 1. The summed E-state index contributed by atoms with van der Waals surface area (Å²) in [5.41, 5.74) is 0.839. The van der Waals surface area contributed by atoms with Crippen LogP contribution in [-0.4, -0.2) is 21.3 Å². The molecule has 1 aromatic heterocycles. The monoisotopic (exact) mass is 230 g/mol. The van der Waals surface area contributed by atoms with Crippen molar-refractivity contribution in [1.29, 1.82) is 0 Å². The Morgan fingerprint density at radius 3 is 2.76 bits per heavy atom. The van der Waals surface area contributed by atoms with Crippen LogP contribution in [0.15, 0.2) is 36.5 Å². The first kappa shape index (κ1) is 11.1. The van der Waals surface area contributed by atoms with E-state index in [1.807, 2.05) is 0 Å². The predicted molar refractivity (Wildman–Crippen MR) is 60.2 cm³/mol. The third-order valence-corrected chi connectivity index (χ3v) is 2.20. The van der Waals surface area contributed by atoms with Gasteiger partial charge >= 0.3 is 5.97 Å². The Hall–Kier alpha value is -2.43. The SMILES string of the molecule is Cc1cccc(C(=O)O)c1Oc1cccnn1. The van der Waals surface area contributed by atoms with Crippen LogP contribution in [-0.2, 0) is 0 Å². The molecule has 17 heavy (non-hydrogen) atoms. The van der Waals surface area contributed by atoms with Gasteiger partial charge in [0.25, 0.3) is 0 Å². The van der Waals surface area contributed by atoms with Crippen LogP contribution >= 0.6 is 0 Å². The molecule has 0 spiro atoms. The van der Waals surface area contributed by atoms with Crippen LogP contribution in [0.5, 0.6) is 11.6 Å². The number of aromatic carboxylic acids is 1. The maximum atomic E-state index is 11.0.